The highest BCUT2D eigenvalue weighted by Gasteiger charge is 2.15. The number of carboxylic acid groups (broad SMARTS) is 1. The summed E-state index contributed by atoms with van der Waals surface area (Å²) in [6, 6.07) is 0. The maximum Gasteiger partial charge on any atom is 0.331 e. The van der Waals surface area contributed by atoms with E-state index < -0.39 is 11.9 Å². The second-order valence-electron chi connectivity index (χ2n) is 4.38. The quantitative estimate of drug-likeness (QED) is 0.441. The maximum absolute atomic E-state index is 11.7. The standard InChI is InChI=1S/C13H19NO5/c15-11-5-2-1-3-8-14(11)9-4-10-19-13(18)7-6-12(16)17/h6-7H,1-5,8-10H2,(H,16,17)/b7-6+. The number of carbonyl (C=O) groups is 3. The van der Waals surface area contributed by atoms with Crippen LogP contribution in [0.5, 0.6) is 0 Å². The largest absolute Gasteiger partial charge is 0.478 e. The van der Waals surface area contributed by atoms with Crippen molar-refractivity contribution in [2.24, 2.45) is 0 Å². The lowest BCUT2D eigenvalue weighted by molar-refractivity contribution is -0.139. The van der Waals surface area contributed by atoms with Crippen LogP contribution >= 0.6 is 0 Å². The summed E-state index contributed by atoms with van der Waals surface area (Å²) < 4.78 is 4.82. The van der Waals surface area contributed by atoms with Gasteiger partial charge in [0.25, 0.3) is 0 Å². The van der Waals surface area contributed by atoms with Crippen molar-refractivity contribution in [2.45, 2.75) is 32.1 Å². The van der Waals surface area contributed by atoms with E-state index in [2.05, 4.69) is 0 Å². The Bertz CT molecular complexity index is 364. The van der Waals surface area contributed by atoms with Crippen molar-refractivity contribution < 1.29 is 24.2 Å². The highest BCUT2D eigenvalue weighted by Crippen LogP contribution is 2.11. The van der Waals surface area contributed by atoms with Gasteiger partial charge in [-0.25, -0.2) is 9.59 Å². The van der Waals surface area contributed by atoms with Crippen LogP contribution in [-0.2, 0) is 19.1 Å². The van der Waals surface area contributed by atoms with E-state index in [1.807, 2.05) is 0 Å². The molecule has 1 aliphatic rings. The van der Waals surface area contributed by atoms with E-state index in [9.17, 15) is 14.4 Å². The molecular formula is C13H19NO5. The van der Waals surface area contributed by atoms with Crippen molar-refractivity contribution >= 4 is 17.8 Å². The lowest BCUT2D eigenvalue weighted by Gasteiger charge is -2.20. The summed E-state index contributed by atoms with van der Waals surface area (Å²) in [7, 11) is 0. The summed E-state index contributed by atoms with van der Waals surface area (Å²) in [6.45, 7) is 1.53. The molecule has 0 aromatic heterocycles. The molecule has 1 rings (SSSR count). The predicted molar refractivity (Wildman–Crippen MR) is 67.4 cm³/mol. The Morgan fingerprint density at radius 3 is 2.79 bits per heavy atom. The summed E-state index contributed by atoms with van der Waals surface area (Å²) in [5, 5.41) is 8.32. The molecule has 0 unspecified atom stereocenters. The number of hydrogen-bond donors (Lipinski definition) is 1. The number of likely N-dealkylation sites (tertiary alicyclic amines) is 1. The third-order valence-corrected chi connectivity index (χ3v) is 2.85. The molecule has 0 atom stereocenters. The molecule has 6 heteroatoms. The molecule has 0 aromatic rings. The van der Waals surface area contributed by atoms with Crippen LogP contribution in [0.4, 0.5) is 0 Å². The van der Waals surface area contributed by atoms with Crippen LogP contribution in [0.2, 0.25) is 0 Å². The van der Waals surface area contributed by atoms with Gasteiger partial charge in [0.1, 0.15) is 0 Å². The fourth-order valence-corrected chi connectivity index (χ4v) is 1.89. The average Bonchev–Trinajstić information content (AvgIpc) is 2.57. The zero-order valence-electron chi connectivity index (χ0n) is 10.8. The number of amides is 1. The first-order chi connectivity index (χ1) is 9.09. The minimum atomic E-state index is -1.19. The SMILES string of the molecule is O=C(O)/C=C/C(=O)OCCCN1CCCCCC1=O. The zero-order chi connectivity index (χ0) is 14.1. The van der Waals surface area contributed by atoms with Gasteiger partial charge < -0.3 is 14.7 Å². The van der Waals surface area contributed by atoms with Gasteiger partial charge in [0.2, 0.25) is 5.91 Å². The van der Waals surface area contributed by atoms with E-state index in [0.29, 0.717) is 19.4 Å². The molecule has 0 spiro atoms. The van der Waals surface area contributed by atoms with Crippen LogP contribution in [0, 0.1) is 0 Å². The molecule has 1 fully saturated rings. The average molecular weight is 269 g/mol. The molecule has 1 saturated heterocycles. The van der Waals surface area contributed by atoms with Crippen molar-refractivity contribution in [2.75, 3.05) is 19.7 Å². The van der Waals surface area contributed by atoms with Gasteiger partial charge in [-0.3, -0.25) is 4.79 Å². The molecule has 0 radical (unpaired) electrons. The molecule has 6 nitrogen and oxygen atoms in total. The van der Waals surface area contributed by atoms with Crippen LogP contribution < -0.4 is 0 Å². The van der Waals surface area contributed by atoms with E-state index in [1.165, 1.54) is 0 Å². The number of rotatable bonds is 6. The van der Waals surface area contributed by atoms with Crippen LogP contribution in [-0.4, -0.2) is 47.5 Å². The Labute approximate surface area is 112 Å². The summed E-state index contributed by atoms with van der Waals surface area (Å²) in [6.07, 6.45) is 5.83. The van der Waals surface area contributed by atoms with E-state index in [0.717, 1.165) is 38.0 Å². The molecule has 106 valence electrons. The molecule has 1 heterocycles. The Morgan fingerprint density at radius 2 is 2.05 bits per heavy atom. The maximum atomic E-state index is 11.7. The fourth-order valence-electron chi connectivity index (χ4n) is 1.89. The van der Waals surface area contributed by atoms with Gasteiger partial charge in [0, 0.05) is 31.7 Å². The van der Waals surface area contributed by atoms with Gasteiger partial charge in [-0.15, -0.1) is 0 Å². The van der Waals surface area contributed by atoms with Crippen molar-refractivity contribution in [1.29, 1.82) is 0 Å². The highest BCUT2D eigenvalue weighted by atomic mass is 16.5. The smallest absolute Gasteiger partial charge is 0.331 e. The van der Waals surface area contributed by atoms with E-state index >= 15 is 0 Å². The molecule has 0 aliphatic carbocycles. The minimum absolute atomic E-state index is 0.162. The first-order valence-corrected chi connectivity index (χ1v) is 6.45. The van der Waals surface area contributed by atoms with E-state index in [4.69, 9.17) is 9.84 Å². The second kappa shape index (κ2) is 8.29. The summed E-state index contributed by atoms with van der Waals surface area (Å²) >= 11 is 0. The molecule has 1 amide bonds. The van der Waals surface area contributed by atoms with Gasteiger partial charge in [0.15, 0.2) is 0 Å². The van der Waals surface area contributed by atoms with Crippen LogP contribution in [0.3, 0.4) is 0 Å². The van der Waals surface area contributed by atoms with Crippen molar-refractivity contribution in [3.8, 4) is 0 Å². The Morgan fingerprint density at radius 1 is 1.26 bits per heavy atom. The van der Waals surface area contributed by atoms with Gasteiger partial charge in [-0.1, -0.05) is 6.42 Å². The third-order valence-electron chi connectivity index (χ3n) is 2.85. The number of nitrogens with zero attached hydrogens (tertiary/aromatic N) is 1. The lowest BCUT2D eigenvalue weighted by Crippen LogP contribution is -2.31. The van der Waals surface area contributed by atoms with E-state index in [1.54, 1.807) is 4.90 Å². The van der Waals surface area contributed by atoms with Gasteiger partial charge in [0.05, 0.1) is 6.61 Å². The Kier molecular flexibility index (Phi) is 6.63. The summed E-state index contributed by atoms with van der Waals surface area (Å²) in [4.78, 5) is 34.7. The number of ether oxygens (including phenoxy) is 1. The molecule has 19 heavy (non-hydrogen) atoms. The number of aliphatic carboxylic acids is 1. The highest BCUT2D eigenvalue weighted by molar-refractivity contribution is 5.90. The van der Waals surface area contributed by atoms with Crippen molar-refractivity contribution in [3.05, 3.63) is 12.2 Å². The van der Waals surface area contributed by atoms with Gasteiger partial charge in [-0.2, -0.15) is 0 Å². The number of carboxylic acids is 1. The number of hydrogen-bond acceptors (Lipinski definition) is 4. The molecular weight excluding hydrogens is 250 g/mol. The van der Waals surface area contributed by atoms with Crippen LogP contribution in [0.1, 0.15) is 32.1 Å². The predicted octanol–water partition coefficient (Wildman–Crippen LogP) is 0.963. The van der Waals surface area contributed by atoms with E-state index in [-0.39, 0.29) is 12.5 Å². The number of esters is 1. The van der Waals surface area contributed by atoms with Crippen LogP contribution in [0.15, 0.2) is 12.2 Å². The van der Waals surface area contributed by atoms with Crippen molar-refractivity contribution in [3.63, 3.8) is 0 Å². The normalized spacial score (nSPS) is 16.4. The lowest BCUT2D eigenvalue weighted by atomic mass is 10.2. The Balaban J connectivity index is 2.17. The van der Waals surface area contributed by atoms with Crippen molar-refractivity contribution in [1.82, 2.24) is 4.90 Å². The first-order valence-electron chi connectivity index (χ1n) is 6.45. The topological polar surface area (TPSA) is 83.9 Å². The third kappa shape index (κ3) is 6.59. The summed E-state index contributed by atoms with van der Waals surface area (Å²) in [5.74, 6) is -1.70. The van der Waals surface area contributed by atoms with Crippen LogP contribution in [0.25, 0.3) is 0 Å². The minimum Gasteiger partial charge on any atom is -0.478 e. The second-order valence-corrected chi connectivity index (χ2v) is 4.38. The monoisotopic (exact) mass is 269 g/mol. The number of carbonyl (C=O) groups excluding carboxylic acids is 2. The molecule has 1 N–H and O–H groups in total. The molecule has 0 saturated carbocycles. The zero-order valence-corrected chi connectivity index (χ0v) is 10.8. The van der Waals surface area contributed by atoms with Gasteiger partial charge in [-0.05, 0) is 19.3 Å². The molecule has 0 bridgehead atoms. The molecule has 0 aromatic carbocycles. The molecule has 1 aliphatic heterocycles. The first kappa shape index (κ1) is 15.2. The van der Waals surface area contributed by atoms with Gasteiger partial charge >= 0.3 is 11.9 Å². The fraction of sp³-hybridized carbons (Fsp3) is 0.615. The summed E-state index contributed by atoms with van der Waals surface area (Å²) in [5.41, 5.74) is 0. The Hall–Kier alpha value is -1.85.